The second-order valence-electron chi connectivity index (χ2n) is 4.85. The largest absolute Gasteiger partial charge is 0.486 e. The average Bonchev–Trinajstić information content (AvgIpc) is 2.84. The molecule has 1 aromatic carbocycles. The third-order valence-corrected chi connectivity index (χ3v) is 3.49. The summed E-state index contributed by atoms with van der Waals surface area (Å²) < 4.78 is 17.3. The molecule has 1 saturated heterocycles. The second kappa shape index (κ2) is 5.63. The Morgan fingerprint density at radius 2 is 2.16 bits per heavy atom. The van der Waals surface area contributed by atoms with Crippen LogP contribution in [0.25, 0.3) is 11.0 Å². The van der Waals surface area contributed by atoms with Crippen molar-refractivity contribution in [3.63, 3.8) is 0 Å². The first kappa shape index (κ1) is 12.5. The number of benzene rings is 1. The maximum Gasteiger partial charge on any atom is 0.169 e. The first-order valence-corrected chi connectivity index (χ1v) is 6.83. The van der Waals surface area contributed by atoms with Gasteiger partial charge in [0.15, 0.2) is 11.5 Å². The van der Waals surface area contributed by atoms with Crippen molar-refractivity contribution in [3.05, 3.63) is 30.0 Å². The Balaban J connectivity index is 1.78. The van der Waals surface area contributed by atoms with Crippen molar-refractivity contribution in [3.8, 4) is 5.75 Å². The van der Waals surface area contributed by atoms with Crippen LogP contribution in [0.4, 0.5) is 0 Å². The summed E-state index contributed by atoms with van der Waals surface area (Å²) in [6.45, 7) is 1.75. The Bertz CT molecular complexity index is 543. The van der Waals surface area contributed by atoms with Gasteiger partial charge >= 0.3 is 0 Å². The van der Waals surface area contributed by atoms with Gasteiger partial charge in [-0.15, -0.1) is 0 Å². The Hall–Kier alpha value is -1.52. The number of ether oxygens (including phenoxy) is 2. The molecule has 1 fully saturated rings. The van der Waals surface area contributed by atoms with Gasteiger partial charge < -0.3 is 19.6 Å². The predicted octanol–water partition coefficient (Wildman–Crippen LogP) is 2.84. The number of hydrogen-bond donors (Lipinski definition) is 1. The number of hydrogen-bond acceptors (Lipinski definition) is 4. The number of nitrogens with two attached hydrogens (primary N) is 1. The molecule has 3 rings (SSSR count). The molecule has 1 aromatic heterocycles. The SMILES string of the molecule is NCc1oc2ccccc2c1OCC1CCCCO1. The summed E-state index contributed by atoms with van der Waals surface area (Å²) in [5, 5.41) is 0.985. The van der Waals surface area contributed by atoms with Gasteiger partial charge in [-0.25, -0.2) is 0 Å². The molecule has 1 aliphatic heterocycles. The predicted molar refractivity (Wildman–Crippen MR) is 73.2 cm³/mol. The smallest absolute Gasteiger partial charge is 0.169 e. The minimum atomic E-state index is 0.188. The van der Waals surface area contributed by atoms with Crippen molar-refractivity contribution in [2.45, 2.75) is 31.9 Å². The van der Waals surface area contributed by atoms with E-state index in [4.69, 9.17) is 19.6 Å². The first-order valence-electron chi connectivity index (χ1n) is 6.83. The van der Waals surface area contributed by atoms with Crippen molar-refractivity contribution in [2.75, 3.05) is 13.2 Å². The second-order valence-corrected chi connectivity index (χ2v) is 4.85. The molecule has 0 radical (unpaired) electrons. The molecule has 4 heteroatoms. The Morgan fingerprint density at radius 3 is 2.95 bits per heavy atom. The van der Waals surface area contributed by atoms with Crippen LogP contribution < -0.4 is 10.5 Å². The molecule has 4 nitrogen and oxygen atoms in total. The van der Waals surface area contributed by atoms with Gasteiger partial charge in [-0.05, 0) is 31.4 Å². The fourth-order valence-corrected chi connectivity index (χ4v) is 2.48. The summed E-state index contributed by atoms with van der Waals surface area (Å²) in [6.07, 6.45) is 3.62. The minimum Gasteiger partial charge on any atom is -0.486 e. The van der Waals surface area contributed by atoms with Crippen LogP contribution in [0, 0.1) is 0 Å². The lowest BCUT2D eigenvalue weighted by molar-refractivity contribution is -0.0111. The van der Waals surface area contributed by atoms with E-state index in [1.54, 1.807) is 0 Å². The Labute approximate surface area is 112 Å². The molecule has 0 aliphatic carbocycles. The van der Waals surface area contributed by atoms with Gasteiger partial charge in [0, 0.05) is 6.61 Å². The van der Waals surface area contributed by atoms with Crippen LogP contribution in [0.15, 0.2) is 28.7 Å². The quantitative estimate of drug-likeness (QED) is 0.919. The third kappa shape index (κ3) is 2.60. The van der Waals surface area contributed by atoms with Gasteiger partial charge in [0.1, 0.15) is 12.2 Å². The first-order chi connectivity index (χ1) is 9.38. The van der Waals surface area contributed by atoms with E-state index in [-0.39, 0.29) is 6.10 Å². The van der Waals surface area contributed by atoms with E-state index in [9.17, 15) is 0 Å². The minimum absolute atomic E-state index is 0.188. The highest BCUT2D eigenvalue weighted by atomic mass is 16.5. The van der Waals surface area contributed by atoms with Gasteiger partial charge in [-0.1, -0.05) is 12.1 Å². The molecule has 0 amide bonds. The lowest BCUT2D eigenvalue weighted by Gasteiger charge is -2.22. The summed E-state index contributed by atoms with van der Waals surface area (Å²) in [5.41, 5.74) is 6.54. The highest BCUT2D eigenvalue weighted by Crippen LogP contribution is 2.33. The van der Waals surface area contributed by atoms with Crippen molar-refractivity contribution < 1.29 is 13.9 Å². The van der Waals surface area contributed by atoms with Crippen LogP contribution in [0.5, 0.6) is 5.75 Å². The van der Waals surface area contributed by atoms with Gasteiger partial charge in [0.05, 0.1) is 18.0 Å². The fourth-order valence-electron chi connectivity index (χ4n) is 2.48. The van der Waals surface area contributed by atoms with E-state index in [1.165, 1.54) is 6.42 Å². The van der Waals surface area contributed by atoms with Crippen LogP contribution in [0.3, 0.4) is 0 Å². The molecule has 2 N–H and O–H groups in total. The lowest BCUT2D eigenvalue weighted by atomic mass is 10.1. The van der Waals surface area contributed by atoms with E-state index >= 15 is 0 Å². The van der Waals surface area contributed by atoms with Gasteiger partial charge in [0.2, 0.25) is 0 Å². The lowest BCUT2D eigenvalue weighted by Crippen LogP contribution is -2.26. The highest BCUT2D eigenvalue weighted by Gasteiger charge is 2.18. The molecule has 19 heavy (non-hydrogen) atoms. The summed E-state index contributed by atoms with van der Waals surface area (Å²) in [7, 11) is 0. The molecule has 0 bridgehead atoms. The summed E-state index contributed by atoms with van der Waals surface area (Å²) in [5.74, 6) is 1.48. The van der Waals surface area contributed by atoms with Crippen LogP contribution in [-0.2, 0) is 11.3 Å². The van der Waals surface area contributed by atoms with E-state index in [0.717, 1.165) is 36.2 Å². The number of rotatable bonds is 4. The van der Waals surface area contributed by atoms with E-state index in [1.807, 2.05) is 24.3 Å². The summed E-state index contributed by atoms with van der Waals surface area (Å²) in [4.78, 5) is 0. The molecule has 2 heterocycles. The zero-order valence-electron chi connectivity index (χ0n) is 10.9. The van der Waals surface area contributed by atoms with Gasteiger partial charge in [-0.2, -0.15) is 0 Å². The van der Waals surface area contributed by atoms with Crippen molar-refractivity contribution in [2.24, 2.45) is 5.73 Å². The van der Waals surface area contributed by atoms with Gasteiger partial charge in [-0.3, -0.25) is 0 Å². The van der Waals surface area contributed by atoms with E-state index in [0.29, 0.717) is 18.9 Å². The number of para-hydroxylation sites is 1. The monoisotopic (exact) mass is 261 g/mol. The molecule has 0 saturated carbocycles. The molecule has 2 aromatic rings. The third-order valence-electron chi connectivity index (χ3n) is 3.49. The Morgan fingerprint density at radius 1 is 1.26 bits per heavy atom. The zero-order valence-corrected chi connectivity index (χ0v) is 10.9. The normalized spacial score (nSPS) is 19.7. The van der Waals surface area contributed by atoms with E-state index < -0.39 is 0 Å². The summed E-state index contributed by atoms with van der Waals surface area (Å²) >= 11 is 0. The fraction of sp³-hybridized carbons (Fsp3) is 0.467. The summed E-state index contributed by atoms with van der Waals surface area (Å²) in [6, 6.07) is 7.84. The van der Waals surface area contributed by atoms with Crippen molar-refractivity contribution in [1.29, 1.82) is 0 Å². The van der Waals surface area contributed by atoms with Crippen molar-refractivity contribution >= 4 is 11.0 Å². The van der Waals surface area contributed by atoms with Crippen LogP contribution in [-0.4, -0.2) is 19.3 Å². The molecule has 1 aliphatic rings. The standard InChI is InChI=1S/C15H19NO3/c16-9-14-15(12-6-1-2-7-13(12)19-14)18-10-11-5-3-4-8-17-11/h1-2,6-7,11H,3-5,8-10,16H2. The van der Waals surface area contributed by atoms with Crippen molar-refractivity contribution in [1.82, 2.24) is 0 Å². The highest BCUT2D eigenvalue weighted by molar-refractivity contribution is 5.85. The topological polar surface area (TPSA) is 57.6 Å². The number of furan rings is 1. The average molecular weight is 261 g/mol. The van der Waals surface area contributed by atoms with Crippen LogP contribution in [0.2, 0.25) is 0 Å². The van der Waals surface area contributed by atoms with Crippen LogP contribution >= 0.6 is 0 Å². The Kier molecular flexibility index (Phi) is 3.71. The maximum absolute atomic E-state index is 5.92. The van der Waals surface area contributed by atoms with Gasteiger partial charge in [0.25, 0.3) is 0 Å². The molecule has 1 atom stereocenters. The zero-order chi connectivity index (χ0) is 13.1. The molecule has 102 valence electrons. The maximum atomic E-state index is 5.92. The molecular formula is C15H19NO3. The molecular weight excluding hydrogens is 242 g/mol. The molecule has 0 spiro atoms. The van der Waals surface area contributed by atoms with Crippen LogP contribution in [0.1, 0.15) is 25.0 Å². The molecule has 1 unspecified atom stereocenters. The van der Waals surface area contributed by atoms with E-state index in [2.05, 4.69) is 0 Å². The number of fused-ring (bicyclic) bond motifs is 1.